The van der Waals surface area contributed by atoms with E-state index in [-0.39, 0.29) is 6.42 Å². The van der Waals surface area contributed by atoms with Gasteiger partial charge in [0, 0.05) is 37.4 Å². The molecule has 0 aliphatic carbocycles. The fraction of sp³-hybridized carbons (Fsp3) is 0.562. The standard InChI is InChI=1S/C16H24N2O2/c19-16(20)6-2-1-3-11-17-14-7-9-15(10-8-14)18-12-4-5-13-18/h7-10,17H,1-6,11-13H2,(H,19,20). The van der Waals surface area contributed by atoms with E-state index in [0.29, 0.717) is 0 Å². The van der Waals surface area contributed by atoms with Crippen molar-refractivity contribution in [2.75, 3.05) is 29.9 Å². The number of nitrogens with one attached hydrogen (secondary N) is 1. The number of rotatable bonds is 8. The Kier molecular flexibility index (Phi) is 5.71. The summed E-state index contributed by atoms with van der Waals surface area (Å²) < 4.78 is 0. The van der Waals surface area contributed by atoms with Crippen LogP contribution in [-0.4, -0.2) is 30.7 Å². The number of benzene rings is 1. The Bertz CT molecular complexity index is 411. The van der Waals surface area contributed by atoms with Gasteiger partial charge in [-0.3, -0.25) is 4.79 Å². The Labute approximate surface area is 120 Å². The summed E-state index contributed by atoms with van der Waals surface area (Å²) in [7, 11) is 0. The van der Waals surface area contributed by atoms with Gasteiger partial charge in [-0.25, -0.2) is 0 Å². The highest BCUT2D eigenvalue weighted by Gasteiger charge is 2.11. The topological polar surface area (TPSA) is 52.6 Å². The van der Waals surface area contributed by atoms with Gasteiger partial charge < -0.3 is 15.3 Å². The monoisotopic (exact) mass is 276 g/mol. The largest absolute Gasteiger partial charge is 0.481 e. The molecule has 20 heavy (non-hydrogen) atoms. The summed E-state index contributed by atoms with van der Waals surface area (Å²) in [5.41, 5.74) is 2.46. The lowest BCUT2D eigenvalue weighted by molar-refractivity contribution is -0.137. The molecule has 1 aromatic rings. The van der Waals surface area contributed by atoms with Crippen molar-refractivity contribution < 1.29 is 9.90 Å². The third-order valence-electron chi connectivity index (χ3n) is 3.74. The molecule has 4 nitrogen and oxygen atoms in total. The van der Waals surface area contributed by atoms with Crippen molar-refractivity contribution in [1.82, 2.24) is 0 Å². The maximum Gasteiger partial charge on any atom is 0.303 e. The molecule has 0 amide bonds. The summed E-state index contributed by atoms with van der Waals surface area (Å²) in [6, 6.07) is 8.62. The quantitative estimate of drug-likeness (QED) is 0.715. The summed E-state index contributed by atoms with van der Waals surface area (Å²) in [5, 5.41) is 11.9. The molecule has 0 saturated carbocycles. The fourth-order valence-electron chi connectivity index (χ4n) is 2.58. The van der Waals surface area contributed by atoms with Gasteiger partial charge in [-0.05, 0) is 49.9 Å². The van der Waals surface area contributed by atoms with Crippen LogP contribution in [0, 0.1) is 0 Å². The maximum atomic E-state index is 10.4. The van der Waals surface area contributed by atoms with Crippen molar-refractivity contribution in [2.24, 2.45) is 0 Å². The number of carboxylic acids is 1. The molecule has 0 unspecified atom stereocenters. The van der Waals surface area contributed by atoms with Gasteiger partial charge in [0.2, 0.25) is 0 Å². The summed E-state index contributed by atoms with van der Waals surface area (Å²) in [6.07, 6.45) is 5.63. The van der Waals surface area contributed by atoms with Gasteiger partial charge in [-0.15, -0.1) is 0 Å². The molecule has 0 spiro atoms. The van der Waals surface area contributed by atoms with Crippen LogP contribution in [0.2, 0.25) is 0 Å². The van der Waals surface area contributed by atoms with Gasteiger partial charge >= 0.3 is 5.97 Å². The third kappa shape index (κ3) is 4.76. The van der Waals surface area contributed by atoms with Crippen LogP contribution in [0.4, 0.5) is 11.4 Å². The molecular formula is C16H24N2O2. The van der Waals surface area contributed by atoms with Gasteiger partial charge in [0.05, 0.1) is 0 Å². The maximum absolute atomic E-state index is 10.4. The Balaban J connectivity index is 1.64. The molecular weight excluding hydrogens is 252 g/mol. The van der Waals surface area contributed by atoms with Gasteiger partial charge in [0.15, 0.2) is 0 Å². The minimum atomic E-state index is -0.699. The predicted molar refractivity (Wildman–Crippen MR) is 82.5 cm³/mol. The SMILES string of the molecule is O=C(O)CCCCCNc1ccc(N2CCCC2)cc1. The zero-order chi connectivity index (χ0) is 14.2. The van der Waals surface area contributed by atoms with E-state index >= 15 is 0 Å². The average Bonchev–Trinajstić information content (AvgIpc) is 2.97. The summed E-state index contributed by atoms with van der Waals surface area (Å²) in [4.78, 5) is 12.8. The molecule has 1 aliphatic heterocycles. The van der Waals surface area contributed by atoms with E-state index in [1.165, 1.54) is 31.6 Å². The summed E-state index contributed by atoms with van der Waals surface area (Å²) in [6.45, 7) is 3.26. The van der Waals surface area contributed by atoms with Gasteiger partial charge in [0.25, 0.3) is 0 Å². The first-order valence-corrected chi connectivity index (χ1v) is 7.56. The molecule has 110 valence electrons. The Hall–Kier alpha value is -1.71. The van der Waals surface area contributed by atoms with E-state index in [4.69, 9.17) is 5.11 Å². The predicted octanol–water partition coefficient (Wildman–Crippen LogP) is 3.34. The van der Waals surface area contributed by atoms with E-state index in [1.807, 2.05) is 0 Å². The van der Waals surface area contributed by atoms with Crippen LogP contribution in [0.1, 0.15) is 38.5 Å². The van der Waals surface area contributed by atoms with Crippen molar-refractivity contribution in [1.29, 1.82) is 0 Å². The smallest absolute Gasteiger partial charge is 0.303 e. The highest BCUT2D eigenvalue weighted by atomic mass is 16.4. The first-order chi connectivity index (χ1) is 9.75. The second-order valence-electron chi connectivity index (χ2n) is 5.37. The number of hydrogen-bond acceptors (Lipinski definition) is 3. The van der Waals surface area contributed by atoms with E-state index in [2.05, 4.69) is 34.5 Å². The number of unbranched alkanes of at least 4 members (excludes halogenated alkanes) is 2. The second-order valence-corrected chi connectivity index (χ2v) is 5.37. The molecule has 1 heterocycles. The molecule has 1 aromatic carbocycles. The summed E-state index contributed by atoms with van der Waals surface area (Å²) in [5.74, 6) is -0.699. The van der Waals surface area contributed by atoms with E-state index in [0.717, 1.165) is 31.5 Å². The highest BCUT2D eigenvalue weighted by molar-refractivity contribution is 5.66. The van der Waals surface area contributed by atoms with Crippen LogP contribution in [-0.2, 0) is 4.79 Å². The van der Waals surface area contributed by atoms with Crippen molar-refractivity contribution in [3.63, 3.8) is 0 Å². The lowest BCUT2D eigenvalue weighted by Gasteiger charge is -2.18. The molecule has 1 aliphatic rings. The van der Waals surface area contributed by atoms with Crippen LogP contribution < -0.4 is 10.2 Å². The normalized spacial score (nSPS) is 14.5. The second kappa shape index (κ2) is 7.78. The zero-order valence-electron chi connectivity index (χ0n) is 12.0. The van der Waals surface area contributed by atoms with Crippen molar-refractivity contribution in [3.05, 3.63) is 24.3 Å². The number of hydrogen-bond donors (Lipinski definition) is 2. The third-order valence-corrected chi connectivity index (χ3v) is 3.74. The Morgan fingerprint density at radius 2 is 1.80 bits per heavy atom. The number of carbonyl (C=O) groups is 1. The highest BCUT2D eigenvalue weighted by Crippen LogP contribution is 2.22. The molecule has 4 heteroatoms. The van der Waals surface area contributed by atoms with Crippen LogP contribution in [0.25, 0.3) is 0 Å². The van der Waals surface area contributed by atoms with Gasteiger partial charge in [-0.1, -0.05) is 6.42 Å². The first-order valence-electron chi connectivity index (χ1n) is 7.56. The van der Waals surface area contributed by atoms with Gasteiger partial charge in [0.1, 0.15) is 0 Å². The van der Waals surface area contributed by atoms with Crippen LogP contribution in [0.5, 0.6) is 0 Å². The van der Waals surface area contributed by atoms with E-state index in [9.17, 15) is 4.79 Å². The first kappa shape index (κ1) is 14.7. The Morgan fingerprint density at radius 1 is 1.10 bits per heavy atom. The van der Waals surface area contributed by atoms with Crippen molar-refractivity contribution in [3.8, 4) is 0 Å². The van der Waals surface area contributed by atoms with Crippen LogP contribution in [0.3, 0.4) is 0 Å². The molecule has 1 saturated heterocycles. The molecule has 0 atom stereocenters. The lowest BCUT2D eigenvalue weighted by Crippen LogP contribution is -2.17. The van der Waals surface area contributed by atoms with E-state index in [1.54, 1.807) is 0 Å². The lowest BCUT2D eigenvalue weighted by atomic mass is 10.2. The fourth-order valence-corrected chi connectivity index (χ4v) is 2.58. The minimum Gasteiger partial charge on any atom is -0.481 e. The molecule has 0 aromatic heterocycles. The summed E-state index contributed by atoms with van der Waals surface area (Å²) >= 11 is 0. The van der Waals surface area contributed by atoms with Crippen LogP contribution in [0.15, 0.2) is 24.3 Å². The number of nitrogens with zero attached hydrogens (tertiary/aromatic N) is 1. The number of aliphatic carboxylic acids is 1. The van der Waals surface area contributed by atoms with Crippen LogP contribution >= 0.6 is 0 Å². The van der Waals surface area contributed by atoms with Crippen molar-refractivity contribution >= 4 is 17.3 Å². The molecule has 2 N–H and O–H groups in total. The van der Waals surface area contributed by atoms with Gasteiger partial charge in [-0.2, -0.15) is 0 Å². The minimum absolute atomic E-state index is 0.282. The molecule has 1 fully saturated rings. The molecule has 0 bridgehead atoms. The number of carboxylic acid groups (broad SMARTS) is 1. The number of anilines is 2. The molecule has 2 rings (SSSR count). The molecule has 0 radical (unpaired) electrons. The zero-order valence-corrected chi connectivity index (χ0v) is 12.0. The van der Waals surface area contributed by atoms with E-state index < -0.39 is 5.97 Å². The van der Waals surface area contributed by atoms with Crippen molar-refractivity contribution in [2.45, 2.75) is 38.5 Å². The average molecular weight is 276 g/mol. The Morgan fingerprint density at radius 3 is 2.45 bits per heavy atom.